The summed E-state index contributed by atoms with van der Waals surface area (Å²) in [7, 11) is 0. The molecule has 3 heteroatoms. The second-order valence-corrected chi connectivity index (χ2v) is 0.876. The molecule has 0 aliphatic rings. The quantitative estimate of drug-likeness (QED) is 0.482. The molecule has 0 aromatic carbocycles. The number of hydrogen-bond acceptors (Lipinski definition) is 2. The van der Waals surface area contributed by atoms with Crippen molar-refractivity contribution in [2.45, 2.75) is 6.10 Å². The molecule has 0 aliphatic carbocycles. The van der Waals surface area contributed by atoms with Crippen LogP contribution in [0.15, 0.2) is 0 Å². The van der Waals surface area contributed by atoms with Crippen molar-refractivity contribution in [2.24, 2.45) is 0 Å². The number of aliphatic hydroxyl groups is 2. The van der Waals surface area contributed by atoms with Crippen LogP contribution in [0.5, 0.6) is 0 Å². The molecule has 0 aromatic rings. The summed E-state index contributed by atoms with van der Waals surface area (Å²) in [5, 5.41) is 15.8. The van der Waals surface area contributed by atoms with E-state index in [9.17, 15) is 4.39 Å². The zero-order chi connectivity index (χ0) is 4.99. The van der Waals surface area contributed by atoms with E-state index in [2.05, 4.69) is 0 Å². The predicted molar refractivity (Wildman–Crippen MR) is 18.5 cm³/mol. The lowest BCUT2D eigenvalue weighted by molar-refractivity contribution is 0.100. The average molecular weight is 93.1 g/mol. The van der Waals surface area contributed by atoms with Gasteiger partial charge in [0, 0.05) is 0 Å². The Balaban J connectivity index is 2.75. The van der Waals surface area contributed by atoms with Gasteiger partial charge in [0.1, 0.15) is 6.10 Å². The Morgan fingerprint density at radius 1 is 1.83 bits per heavy atom. The van der Waals surface area contributed by atoms with Gasteiger partial charge in [0.15, 0.2) is 6.67 Å². The summed E-state index contributed by atoms with van der Waals surface area (Å²) < 4.78 is 10.9. The molecule has 0 aliphatic heterocycles. The first-order valence-corrected chi connectivity index (χ1v) is 1.53. The topological polar surface area (TPSA) is 40.5 Å². The minimum absolute atomic E-state index is 0.0278. The summed E-state index contributed by atoms with van der Waals surface area (Å²) in [4.78, 5) is 0. The van der Waals surface area contributed by atoms with Crippen molar-refractivity contribution in [1.29, 1.82) is 0 Å². The smallest absolute Gasteiger partial charge is 0.162 e. The summed E-state index contributed by atoms with van der Waals surface area (Å²) in [6, 6.07) is 0. The molecule has 0 bridgehead atoms. The summed E-state index contributed by atoms with van der Waals surface area (Å²) in [5.41, 5.74) is 0. The lowest BCUT2D eigenvalue weighted by atomic mass is 10.4. The minimum Gasteiger partial charge on any atom is -0.394 e. The van der Waals surface area contributed by atoms with Gasteiger partial charge >= 0.3 is 0 Å². The third-order valence-corrected chi connectivity index (χ3v) is 0.332. The fourth-order valence-electron chi connectivity index (χ4n) is 0.0398. The molecule has 0 spiro atoms. The molecule has 0 saturated carbocycles. The normalized spacial score (nSPS) is 14.5. The van der Waals surface area contributed by atoms with E-state index in [0.29, 0.717) is 0 Å². The Hall–Kier alpha value is -0.150. The second kappa shape index (κ2) is 3.06. The second-order valence-electron chi connectivity index (χ2n) is 0.876. The van der Waals surface area contributed by atoms with Gasteiger partial charge in [0.05, 0.1) is 6.61 Å². The Morgan fingerprint density at radius 3 is 2.33 bits per heavy atom. The molecule has 37 valence electrons. The summed E-state index contributed by atoms with van der Waals surface area (Å²) in [5.74, 6) is 0. The van der Waals surface area contributed by atoms with Crippen LogP contribution >= 0.6 is 0 Å². The largest absolute Gasteiger partial charge is 0.394 e. The minimum atomic E-state index is -1.30. The van der Waals surface area contributed by atoms with Crippen LogP contribution in [-0.2, 0) is 0 Å². The Labute approximate surface area is 35.2 Å². The first-order chi connectivity index (χ1) is 2.81. The van der Waals surface area contributed by atoms with Gasteiger partial charge in [-0.15, -0.1) is 0 Å². The van der Waals surface area contributed by atoms with E-state index in [1.807, 2.05) is 0 Å². The maximum absolute atomic E-state index is 10.9. The highest BCUT2D eigenvalue weighted by Gasteiger charge is 1.96. The van der Waals surface area contributed by atoms with E-state index in [4.69, 9.17) is 10.2 Å². The molecule has 0 amide bonds. The van der Waals surface area contributed by atoms with E-state index >= 15 is 0 Å². The number of hydrogen-bond donors (Lipinski definition) is 2. The lowest BCUT2D eigenvalue weighted by Crippen LogP contribution is -2.08. The third-order valence-electron chi connectivity index (χ3n) is 0.332. The molecule has 1 unspecified atom stereocenters. The van der Waals surface area contributed by atoms with Crippen molar-refractivity contribution in [3.8, 4) is 0 Å². The van der Waals surface area contributed by atoms with Crippen molar-refractivity contribution in [3.63, 3.8) is 0 Å². The maximum atomic E-state index is 10.9. The summed E-state index contributed by atoms with van der Waals surface area (Å²) >= 11 is 0. The maximum Gasteiger partial charge on any atom is 0.162 e. The number of aliphatic hydroxyl groups excluding tert-OH is 2. The van der Waals surface area contributed by atoms with Crippen LogP contribution in [0.25, 0.3) is 0 Å². The molecule has 1 radical (unpaired) electrons. The van der Waals surface area contributed by atoms with Crippen molar-refractivity contribution in [2.75, 3.05) is 6.61 Å². The van der Waals surface area contributed by atoms with Gasteiger partial charge in [-0.3, -0.25) is 0 Å². The molecule has 2 nitrogen and oxygen atoms in total. The summed E-state index contributed by atoms with van der Waals surface area (Å²) in [6.45, 7) is -0.517. The monoisotopic (exact) mass is 93.0 g/mol. The van der Waals surface area contributed by atoms with E-state index in [1.54, 1.807) is 0 Å². The van der Waals surface area contributed by atoms with E-state index in [0.717, 1.165) is 0 Å². The Morgan fingerprint density at radius 2 is 2.33 bits per heavy atom. The van der Waals surface area contributed by atoms with Gasteiger partial charge in [-0.05, 0) is 0 Å². The van der Waals surface area contributed by atoms with Crippen molar-refractivity contribution in [3.05, 3.63) is 6.67 Å². The highest BCUT2D eigenvalue weighted by atomic mass is 19.1. The average Bonchev–Trinajstić information content (AvgIpc) is 1.65. The summed E-state index contributed by atoms with van der Waals surface area (Å²) in [6.07, 6.45) is -1.30. The molecular formula is C3H6FO2. The zero-order valence-electron chi connectivity index (χ0n) is 3.13. The number of rotatable bonds is 2. The standard InChI is InChI=1S/C3H6FO2/c4-1-3(6)2-5/h1,3,5-6H,2H2. The van der Waals surface area contributed by atoms with Crippen LogP contribution in [0.3, 0.4) is 0 Å². The van der Waals surface area contributed by atoms with E-state index in [-0.39, 0.29) is 6.67 Å². The molecule has 0 rings (SSSR count). The molecule has 0 saturated heterocycles. The molecule has 6 heavy (non-hydrogen) atoms. The highest BCUT2D eigenvalue weighted by Crippen LogP contribution is 1.85. The first kappa shape index (κ1) is 5.85. The molecular weight excluding hydrogens is 87.0 g/mol. The van der Waals surface area contributed by atoms with Gasteiger partial charge < -0.3 is 10.2 Å². The molecule has 0 heterocycles. The fourth-order valence-corrected chi connectivity index (χ4v) is 0.0398. The van der Waals surface area contributed by atoms with Crippen molar-refractivity contribution < 1.29 is 14.6 Å². The zero-order valence-corrected chi connectivity index (χ0v) is 3.13. The van der Waals surface area contributed by atoms with Gasteiger partial charge in [-0.2, -0.15) is 0 Å². The predicted octanol–water partition coefficient (Wildman–Crippen LogP) is -0.529. The lowest BCUT2D eigenvalue weighted by Gasteiger charge is -1.93. The first-order valence-electron chi connectivity index (χ1n) is 1.53. The molecule has 2 N–H and O–H groups in total. The van der Waals surface area contributed by atoms with Gasteiger partial charge in [0.25, 0.3) is 0 Å². The number of halogens is 1. The third kappa shape index (κ3) is 2.11. The molecule has 0 fully saturated rings. The molecule has 0 aromatic heterocycles. The van der Waals surface area contributed by atoms with Gasteiger partial charge in [0.2, 0.25) is 0 Å². The van der Waals surface area contributed by atoms with Crippen molar-refractivity contribution >= 4 is 0 Å². The van der Waals surface area contributed by atoms with Gasteiger partial charge in [-0.1, -0.05) is 0 Å². The van der Waals surface area contributed by atoms with Gasteiger partial charge in [-0.25, -0.2) is 4.39 Å². The van der Waals surface area contributed by atoms with E-state index in [1.165, 1.54) is 0 Å². The van der Waals surface area contributed by atoms with Crippen molar-refractivity contribution in [1.82, 2.24) is 0 Å². The highest BCUT2D eigenvalue weighted by molar-refractivity contribution is 4.59. The van der Waals surface area contributed by atoms with Crippen LogP contribution in [-0.4, -0.2) is 22.9 Å². The Bertz CT molecular complexity index is 28.0. The fraction of sp³-hybridized carbons (Fsp3) is 0.667. The Kier molecular flexibility index (Phi) is 2.98. The van der Waals surface area contributed by atoms with Crippen LogP contribution < -0.4 is 0 Å². The molecule has 1 atom stereocenters. The van der Waals surface area contributed by atoms with Crippen LogP contribution in [0, 0.1) is 6.67 Å². The van der Waals surface area contributed by atoms with Crippen LogP contribution in [0.4, 0.5) is 4.39 Å². The van der Waals surface area contributed by atoms with E-state index < -0.39 is 12.7 Å². The van der Waals surface area contributed by atoms with Crippen LogP contribution in [0.2, 0.25) is 0 Å². The van der Waals surface area contributed by atoms with Crippen LogP contribution in [0.1, 0.15) is 0 Å². The SMILES string of the molecule is OCC(O)[CH]F.